The highest BCUT2D eigenvalue weighted by atomic mass is 79.9. The van der Waals surface area contributed by atoms with Crippen molar-refractivity contribution in [2.45, 2.75) is 0 Å². The molecule has 3 aromatic rings. The van der Waals surface area contributed by atoms with Gasteiger partial charge < -0.3 is 11.1 Å². The zero-order valence-corrected chi connectivity index (χ0v) is 12.8. The lowest BCUT2D eigenvalue weighted by Gasteiger charge is -2.03. The second-order valence-electron chi connectivity index (χ2n) is 4.37. The summed E-state index contributed by atoms with van der Waals surface area (Å²) in [5, 5.41) is 3.88. The van der Waals surface area contributed by atoms with Gasteiger partial charge >= 0.3 is 0 Å². The smallest absolute Gasteiger partial charge is 0.265 e. The maximum atomic E-state index is 12.2. The molecule has 1 heterocycles. The van der Waals surface area contributed by atoms with Gasteiger partial charge in [-0.2, -0.15) is 0 Å². The molecule has 0 aliphatic heterocycles. The van der Waals surface area contributed by atoms with E-state index in [1.165, 1.54) is 11.3 Å². The van der Waals surface area contributed by atoms with Crippen molar-refractivity contribution >= 4 is 54.6 Å². The number of hydrogen-bond acceptors (Lipinski definition) is 3. The van der Waals surface area contributed by atoms with Crippen LogP contribution in [0.15, 0.2) is 53.0 Å². The summed E-state index contributed by atoms with van der Waals surface area (Å²) < 4.78 is 1.98. The summed E-state index contributed by atoms with van der Waals surface area (Å²) in [6.45, 7) is 0. The second-order valence-corrected chi connectivity index (χ2v) is 6.37. The predicted molar refractivity (Wildman–Crippen MR) is 88.3 cm³/mol. The Labute approximate surface area is 128 Å². The van der Waals surface area contributed by atoms with Crippen molar-refractivity contribution in [1.29, 1.82) is 0 Å². The van der Waals surface area contributed by atoms with Crippen molar-refractivity contribution in [1.82, 2.24) is 0 Å². The standard InChI is InChI=1S/C15H11BrN2OS/c16-10-2-1-3-12(8-10)18-15(19)14-7-9-6-11(17)4-5-13(9)20-14/h1-8H,17H2,(H,18,19). The SMILES string of the molecule is Nc1ccc2sc(C(=O)Nc3cccc(Br)c3)cc2c1. The molecule has 0 aliphatic rings. The first kappa shape index (κ1) is 13.1. The molecule has 0 unspecified atom stereocenters. The van der Waals surface area contributed by atoms with Gasteiger partial charge in [0.05, 0.1) is 4.88 Å². The maximum Gasteiger partial charge on any atom is 0.265 e. The molecule has 5 heteroatoms. The molecule has 3 N–H and O–H groups in total. The molecule has 0 aliphatic carbocycles. The minimum atomic E-state index is -0.108. The number of carbonyl (C=O) groups excluding carboxylic acids is 1. The topological polar surface area (TPSA) is 55.1 Å². The van der Waals surface area contributed by atoms with Gasteiger partial charge in [0.2, 0.25) is 0 Å². The Balaban J connectivity index is 1.88. The molecule has 0 spiro atoms. The Morgan fingerprint density at radius 3 is 2.80 bits per heavy atom. The van der Waals surface area contributed by atoms with Crippen LogP contribution >= 0.6 is 27.3 Å². The zero-order valence-electron chi connectivity index (χ0n) is 10.4. The van der Waals surface area contributed by atoms with Crippen LogP contribution in [0.2, 0.25) is 0 Å². The van der Waals surface area contributed by atoms with Crippen LogP contribution < -0.4 is 11.1 Å². The molecule has 1 aromatic heterocycles. The minimum Gasteiger partial charge on any atom is -0.399 e. The summed E-state index contributed by atoms with van der Waals surface area (Å²) in [7, 11) is 0. The van der Waals surface area contributed by atoms with Crippen molar-refractivity contribution < 1.29 is 4.79 Å². The Kier molecular flexibility index (Phi) is 3.46. The fourth-order valence-electron chi connectivity index (χ4n) is 1.93. The normalized spacial score (nSPS) is 10.7. The van der Waals surface area contributed by atoms with Gasteiger partial charge in [-0.05, 0) is 47.9 Å². The van der Waals surface area contributed by atoms with Crippen LogP contribution in [0.3, 0.4) is 0 Å². The van der Waals surface area contributed by atoms with Crippen molar-refractivity contribution in [2.24, 2.45) is 0 Å². The van der Waals surface area contributed by atoms with E-state index in [1.54, 1.807) is 0 Å². The quantitative estimate of drug-likeness (QED) is 0.671. The molecule has 3 nitrogen and oxygen atoms in total. The molecule has 2 aromatic carbocycles. The van der Waals surface area contributed by atoms with Crippen LogP contribution in [0.4, 0.5) is 11.4 Å². The van der Waals surface area contributed by atoms with E-state index in [1.807, 2.05) is 48.5 Å². The summed E-state index contributed by atoms with van der Waals surface area (Å²) in [5.41, 5.74) is 7.22. The molecule has 1 amide bonds. The lowest BCUT2D eigenvalue weighted by molar-refractivity contribution is 0.103. The monoisotopic (exact) mass is 346 g/mol. The molecular weight excluding hydrogens is 336 g/mol. The molecule has 0 saturated heterocycles. The van der Waals surface area contributed by atoms with E-state index >= 15 is 0 Å². The number of fused-ring (bicyclic) bond motifs is 1. The number of rotatable bonds is 2. The van der Waals surface area contributed by atoms with Crippen LogP contribution in [0.25, 0.3) is 10.1 Å². The third-order valence-electron chi connectivity index (χ3n) is 2.85. The van der Waals surface area contributed by atoms with Crippen molar-refractivity contribution in [3.8, 4) is 0 Å². The van der Waals surface area contributed by atoms with E-state index in [-0.39, 0.29) is 5.91 Å². The average molecular weight is 347 g/mol. The lowest BCUT2D eigenvalue weighted by atomic mass is 10.2. The molecule has 0 radical (unpaired) electrons. The van der Waals surface area contributed by atoms with Crippen LogP contribution in [0, 0.1) is 0 Å². The summed E-state index contributed by atoms with van der Waals surface area (Å²) in [5.74, 6) is -0.108. The second kappa shape index (κ2) is 5.26. The third-order valence-corrected chi connectivity index (χ3v) is 4.45. The first-order valence-electron chi connectivity index (χ1n) is 5.98. The van der Waals surface area contributed by atoms with Gasteiger partial charge in [0, 0.05) is 20.5 Å². The predicted octanol–water partition coefficient (Wildman–Crippen LogP) is 4.50. The number of carbonyl (C=O) groups is 1. The summed E-state index contributed by atoms with van der Waals surface area (Å²) in [4.78, 5) is 12.9. The van der Waals surface area contributed by atoms with Crippen LogP contribution in [-0.2, 0) is 0 Å². The Bertz CT molecular complexity index is 797. The third kappa shape index (κ3) is 2.69. The highest BCUT2D eigenvalue weighted by Crippen LogP contribution is 2.28. The van der Waals surface area contributed by atoms with E-state index in [0.717, 1.165) is 20.2 Å². The Hall–Kier alpha value is -1.85. The first-order chi connectivity index (χ1) is 9.61. The van der Waals surface area contributed by atoms with Gasteiger partial charge in [-0.25, -0.2) is 0 Å². The highest BCUT2D eigenvalue weighted by Gasteiger charge is 2.10. The molecular formula is C15H11BrN2OS. The molecule has 0 bridgehead atoms. The van der Waals surface area contributed by atoms with Crippen molar-refractivity contribution in [2.75, 3.05) is 11.1 Å². The van der Waals surface area contributed by atoms with Crippen molar-refractivity contribution in [3.05, 3.63) is 57.9 Å². The number of thiophene rings is 1. The number of anilines is 2. The number of hydrogen-bond donors (Lipinski definition) is 2. The Morgan fingerprint density at radius 1 is 1.15 bits per heavy atom. The summed E-state index contributed by atoms with van der Waals surface area (Å²) in [6.07, 6.45) is 0. The van der Waals surface area contributed by atoms with Crippen molar-refractivity contribution in [3.63, 3.8) is 0 Å². The molecule has 0 atom stereocenters. The summed E-state index contributed by atoms with van der Waals surface area (Å²) in [6, 6.07) is 15.0. The zero-order chi connectivity index (χ0) is 14.1. The number of benzene rings is 2. The molecule has 0 fully saturated rings. The van der Waals surface area contributed by atoms with Gasteiger partial charge in [-0.15, -0.1) is 11.3 Å². The minimum absolute atomic E-state index is 0.108. The lowest BCUT2D eigenvalue weighted by Crippen LogP contribution is -2.09. The van der Waals surface area contributed by atoms with Gasteiger partial charge in [0.25, 0.3) is 5.91 Å². The maximum absolute atomic E-state index is 12.2. The van der Waals surface area contributed by atoms with Gasteiger partial charge in [0.1, 0.15) is 0 Å². The van der Waals surface area contributed by atoms with E-state index < -0.39 is 0 Å². The fraction of sp³-hybridized carbons (Fsp3) is 0. The van der Waals surface area contributed by atoms with E-state index in [0.29, 0.717) is 10.6 Å². The fourth-order valence-corrected chi connectivity index (χ4v) is 3.27. The van der Waals surface area contributed by atoms with Gasteiger partial charge in [-0.3, -0.25) is 4.79 Å². The van der Waals surface area contributed by atoms with E-state index in [2.05, 4.69) is 21.2 Å². The summed E-state index contributed by atoms with van der Waals surface area (Å²) >= 11 is 4.84. The highest BCUT2D eigenvalue weighted by molar-refractivity contribution is 9.10. The number of halogens is 1. The van der Waals surface area contributed by atoms with Crippen LogP contribution in [0.5, 0.6) is 0 Å². The van der Waals surface area contributed by atoms with E-state index in [9.17, 15) is 4.79 Å². The number of amides is 1. The van der Waals surface area contributed by atoms with E-state index in [4.69, 9.17) is 5.73 Å². The van der Waals surface area contributed by atoms with Gasteiger partial charge in [-0.1, -0.05) is 22.0 Å². The largest absolute Gasteiger partial charge is 0.399 e. The number of nitrogens with two attached hydrogens (primary N) is 1. The Morgan fingerprint density at radius 2 is 2.00 bits per heavy atom. The number of nitrogens with one attached hydrogen (secondary N) is 1. The molecule has 3 rings (SSSR count). The average Bonchev–Trinajstić information content (AvgIpc) is 2.81. The van der Waals surface area contributed by atoms with Crippen LogP contribution in [-0.4, -0.2) is 5.91 Å². The van der Waals surface area contributed by atoms with Crippen LogP contribution in [0.1, 0.15) is 9.67 Å². The van der Waals surface area contributed by atoms with Gasteiger partial charge in [0.15, 0.2) is 0 Å². The molecule has 0 saturated carbocycles. The number of nitrogen functional groups attached to an aromatic ring is 1. The first-order valence-corrected chi connectivity index (χ1v) is 7.59. The molecule has 100 valence electrons. The molecule has 20 heavy (non-hydrogen) atoms.